The van der Waals surface area contributed by atoms with Gasteiger partial charge >= 0.3 is 0 Å². The van der Waals surface area contributed by atoms with E-state index in [-0.39, 0.29) is 11.7 Å². The first-order chi connectivity index (χ1) is 4.72. The number of hydrogen-bond donors (Lipinski definition) is 0. The molecule has 0 saturated carbocycles. The van der Waals surface area contributed by atoms with Crippen molar-refractivity contribution in [1.82, 2.24) is 0 Å². The van der Waals surface area contributed by atoms with Gasteiger partial charge in [0.05, 0.1) is 0 Å². The van der Waals surface area contributed by atoms with Crippen molar-refractivity contribution in [3.05, 3.63) is 12.2 Å². The van der Waals surface area contributed by atoms with Crippen molar-refractivity contribution >= 4 is 5.78 Å². The monoisotopic (exact) mass is 140 g/mol. The number of carbonyl (C=O) groups is 1. The third kappa shape index (κ3) is 1.98. The molecule has 1 nitrogen and oxygen atoms in total. The third-order valence-electron chi connectivity index (χ3n) is 1.80. The van der Waals surface area contributed by atoms with Crippen molar-refractivity contribution in [3.8, 4) is 0 Å². The maximum atomic E-state index is 10.7. The quantitative estimate of drug-likeness (QED) is 0.505. The number of carbonyl (C=O) groups excluding carboxylic acids is 1. The van der Waals surface area contributed by atoms with Crippen molar-refractivity contribution in [3.63, 3.8) is 0 Å². The van der Waals surface area contributed by atoms with E-state index in [1.807, 2.05) is 26.8 Å². The van der Waals surface area contributed by atoms with Gasteiger partial charge in [0.2, 0.25) is 0 Å². The zero-order valence-electron chi connectivity index (χ0n) is 7.22. The molecule has 0 aromatic rings. The van der Waals surface area contributed by atoms with Gasteiger partial charge in [-0.2, -0.15) is 0 Å². The first-order valence-corrected chi connectivity index (χ1v) is 3.94. The topological polar surface area (TPSA) is 17.1 Å². The summed E-state index contributed by atoms with van der Waals surface area (Å²) in [6.45, 7) is 8.03. The summed E-state index contributed by atoms with van der Waals surface area (Å²) in [6, 6.07) is 0. The van der Waals surface area contributed by atoms with Gasteiger partial charge < -0.3 is 0 Å². The predicted molar refractivity (Wildman–Crippen MR) is 43.8 cm³/mol. The molecule has 0 heterocycles. The van der Waals surface area contributed by atoms with Crippen LogP contribution in [-0.4, -0.2) is 5.78 Å². The zero-order chi connectivity index (χ0) is 8.15. The molecular formula is C9H16O. The molecule has 0 fully saturated rings. The molecule has 1 heteroatoms. The van der Waals surface area contributed by atoms with Crippen molar-refractivity contribution in [2.24, 2.45) is 11.8 Å². The van der Waals surface area contributed by atoms with Gasteiger partial charge in [0.15, 0.2) is 5.78 Å². The fourth-order valence-corrected chi connectivity index (χ4v) is 0.824. The molecule has 0 radical (unpaired) electrons. The van der Waals surface area contributed by atoms with E-state index < -0.39 is 0 Å². The highest BCUT2D eigenvalue weighted by molar-refractivity contribution is 5.94. The molecular weight excluding hydrogens is 124 g/mol. The van der Waals surface area contributed by atoms with Gasteiger partial charge in [-0.15, -0.1) is 0 Å². The normalized spacial score (nSPS) is 29.8. The second-order valence-electron chi connectivity index (χ2n) is 2.41. The minimum absolute atomic E-state index is 0.231. The summed E-state index contributed by atoms with van der Waals surface area (Å²) in [5.41, 5.74) is 0. The van der Waals surface area contributed by atoms with Crippen LogP contribution < -0.4 is 0 Å². The number of rotatable bonds is 0. The summed E-state index contributed by atoms with van der Waals surface area (Å²) in [5.74, 6) is 0.968. The Bertz CT molecular complexity index is 136. The van der Waals surface area contributed by atoms with Crippen LogP contribution in [0.4, 0.5) is 0 Å². The summed E-state index contributed by atoms with van der Waals surface area (Å²) in [6.07, 6.45) is 3.64. The minimum atomic E-state index is 0.231. The largest absolute Gasteiger partial charge is 0.295 e. The highest BCUT2D eigenvalue weighted by Crippen LogP contribution is 2.19. The Balaban J connectivity index is 0.000000371. The molecule has 0 spiro atoms. The number of allylic oxidation sites excluding steroid dienone is 2. The molecule has 0 aromatic carbocycles. The van der Waals surface area contributed by atoms with E-state index in [0.717, 1.165) is 0 Å². The smallest absolute Gasteiger partial charge is 0.158 e. The lowest BCUT2D eigenvalue weighted by molar-refractivity contribution is -0.117. The molecule has 2 atom stereocenters. The second-order valence-corrected chi connectivity index (χ2v) is 2.41. The van der Waals surface area contributed by atoms with E-state index in [4.69, 9.17) is 0 Å². The second kappa shape index (κ2) is 4.26. The molecule has 1 aliphatic carbocycles. The molecule has 1 aliphatic rings. The maximum absolute atomic E-state index is 10.7. The SMILES string of the molecule is CC.CC1C=CC(=O)[C@@H]1C. The Morgan fingerprint density at radius 3 is 1.90 bits per heavy atom. The first-order valence-electron chi connectivity index (χ1n) is 3.94. The summed E-state index contributed by atoms with van der Waals surface area (Å²) in [5, 5.41) is 0. The van der Waals surface area contributed by atoms with Crippen LogP contribution in [0.5, 0.6) is 0 Å². The Morgan fingerprint density at radius 2 is 1.80 bits per heavy atom. The lowest BCUT2D eigenvalue weighted by atomic mass is 10.00. The van der Waals surface area contributed by atoms with Gasteiger partial charge in [0.1, 0.15) is 0 Å². The van der Waals surface area contributed by atoms with Gasteiger partial charge in [-0.3, -0.25) is 4.79 Å². The molecule has 1 rings (SSSR count). The Hall–Kier alpha value is -0.590. The lowest BCUT2D eigenvalue weighted by Crippen LogP contribution is -2.07. The van der Waals surface area contributed by atoms with E-state index in [1.54, 1.807) is 6.08 Å². The predicted octanol–water partition coefficient (Wildman–Crippen LogP) is 2.42. The summed E-state index contributed by atoms with van der Waals surface area (Å²) in [4.78, 5) is 10.7. The average molecular weight is 140 g/mol. The van der Waals surface area contributed by atoms with Crippen LogP contribution in [0.15, 0.2) is 12.2 Å². The molecule has 0 amide bonds. The molecule has 0 aromatic heterocycles. The van der Waals surface area contributed by atoms with Crippen LogP contribution in [-0.2, 0) is 4.79 Å². The van der Waals surface area contributed by atoms with E-state index >= 15 is 0 Å². The van der Waals surface area contributed by atoms with Crippen LogP contribution in [0.1, 0.15) is 27.7 Å². The van der Waals surface area contributed by atoms with Crippen molar-refractivity contribution in [2.45, 2.75) is 27.7 Å². The van der Waals surface area contributed by atoms with E-state index in [9.17, 15) is 4.79 Å². The van der Waals surface area contributed by atoms with Crippen LogP contribution in [0.3, 0.4) is 0 Å². The molecule has 0 N–H and O–H groups in total. The minimum Gasteiger partial charge on any atom is -0.295 e. The average Bonchev–Trinajstić information content (AvgIpc) is 2.25. The van der Waals surface area contributed by atoms with E-state index in [0.29, 0.717) is 5.92 Å². The van der Waals surface area contributed by atoms with Crippen molar-refractivity contribution in [2.75, 3.05) is 0 Å². The van der Waals surface area contributed by atoms with Crippen molar-refractivity contribution in [1.29, 1.82) is 0 Å². The number of ketones is 1. The van der Waals surface area contributed by atoms with Crippen LogP contribution >= 0.6 is 0 Å². The fourth-order valence-electron chi connectivity index (χ4n) is 0.824. The van der Waals surface area contributed by atoms with Gasteiger partial charge in [0, 0.05) is 5.92 Å². The molecule has 0 aliphatic heterocycles. The van der Waals surface area contributed by atoms with Gasteiger partial charge in [-0.1, -0.05) is 33.8 Å². The Morgan fingerprint density at radius 1 is 1.30 bits per heavy atom. The summed E-state index contributed by atoms with van der Waals surface area (Å²) in [7, 11) is 0. The highest BCUT2D eigenvalue weighted by atomic mass is 16.1. The van der Waals surface area contributed by atoms with E-state index in [1.165, 1.54) is 0 Å². The standard InChI is InChI=1S/C7H10O.C2H6/c1-5-3-4-7(8)6(5)2;1-2/h3-6H,1-2H3;1-2H3/t5?,6-;/m1./s1. The molecule has 10 heavy (non-hydrogen) atoms. The molecule has 0 bridgehead atoms. The van der Waals surface area contributed by atoms with Crippen molar-refractivity contribution < 1.29 is 4.79 Å². The highest BCUT2D eigenvalue weighted by Gasteiger charge is 2.20. The molecule has 1 unspecified atom stereocenters. The first kappa shape index (κ1) is 9.41. The van der Waals surface area contributed by atoms with Crippen LogP contribution in [0.2, 0.25) is 0 Å². The maximum Gasteiger partial charge on any atom is 0.158 e. The number of hydrogen-bond acceptors (Lipinski definition) is 1. The molecule has 58 valence electrons. The third-order valence-corrected chi connectivity index (χ3v) is 1.80. The Labute approximate surface area is 63.1 Å². The Kier molecular flexibility index (Phi) is 4.01. The lowest BCUT2D eigenvalue weighted by Gasteiger charge is -2.03. The summed E-state index contributed by atoms with van der Waals surface area (Å²) < 4.78 is 0. The fraction of sp³-hybridized carbons (Fsp3) is 0.667. The van der Waals surface area contributed by atoms with Crippen LogP contribution in [0, 0.1) is 11.8 Å². The molecule has 0 saturated heterocycles. The van der Waals surface area contributed by atoms with Crippen LogP contribution in [0.25, 0.3) is 0 Å². The van der Waals surface area contributed by atoms with Gasteiger partial charge in [-0.25, -0.2) is 0 Å². The van der Waals surface area contributed by atoms with Gasteiger partial charge in [-0.05, 0) is 12.0 Å². The zero-order valence-corrected chi connectivity index (χ0v) is 7.22. The van der Waals surface area contributed by atoms with Gasteiger partial charge in [0.25, 0.3) is 0 Å². The summed E-state index contributed by atoms with van der Waals surface area (Å²) >= 11 is 0. The van der Waals surface area contributed by atoms with E-state index in [2.05, 4.69) is 6.92 Å².